The van der Waals surface area contributed by atoms with Gasteiger partial charge in [-0.05, 0) is 47.5 Å². The molecule has 32 heavy (non-hydrogen) atoms. The Morgan fingerprint density at radius 2 is 1.69 bits per heavy atom. The van der Waals surface area contributed by atoms with Gasteiger partial charge < -0.3 is 14.7 Å². The number of pyridine rings is 1. The summed E-state index contributed by atoms with van der Waals surface area (Å²) < 4.78 is 5.85. The molecule has 7 nitrogen and oxygen atoms in total. The number of ether oxygens (including phenoxy) is 1. The van der Waals surface area contributed by atoms with Crippen LogP contribution < -0.4 is 9.64 Å². The highest BCUT2D eigenvalue weighted by Crippen LogP contribution is 2.21. The first kappa shape index (κ1) is 21.3. The Hall–Kier alpha value is -3.89. The fraction of sp³-hybridized carbons (Fsp3) is 0.240. The molecule has 0 saturated carbocycles. The van der Waals surface area contributed by atoms with Gasteiger partial charge in [0.1, 0.15) is 23.7 Å². The van der Waals surface area contributed by atoms with Gasteiger partial charge in [0.2, 0.25) is 0 Å². The Kier molecular flexibility index (Phi) is 6.63. The van der Waals surface area contributed by atoms with Gasteiger partial charge in [-0.2, -0.15) is 5.26 Å². The van der Waals surface area contributed by atoms with Gasteiger partial charge in [0.25, 0.3) is 0 Å². The number of carbonyl (C=O) groups is 1. The van der Waals surface area contributed by atoms with E-state index < -0.39 is 5.97 Å². The molecule has 0 bridgehead atoms. The fourth-order valence-corrected chi connectivity index (χ4v) is 3.73. The molecule has 0 atom stereocenters. The quantitative estimate of drug-likeness (QED) is 0.615. The topological polar surface area (TPSA) is 89.7 Å². The van der Waals surface area contributed by atoms with Crippen molar-refractivity contribution in [3.05, 3.63) is 89.1 Å². The molecule has 162 valence electrons. The zero-order chi connectivity index (χ0) is 22.3. The number of carboxylic acid groups (broad SMARTS) is 1. The lowest BCUT2D eigenvalue weighted by molar-refractivity contribution is 0.0697. The van der Waals surface area contributed by atoms with E-state index in [1.807, 2.05) is 29.2 Å². The first-order valence-electron chi connectivity index (χ1n) is 10.5. The number of anilines is 1. The number of aromatic carboxylic acids is 1. The van der Waals surface area contributed by atoms with Crippen LogP contribution in [0, 0.1) is 11.3 Å². The van der Waals surface area contributed by atoms with Crippen molar-refractivity contribution >= 4 is 11.8 Å². The average Bonchev–Trinajstić information content (AvgIpc) is 2.84. The molecule has 1 fully saturated rings. The molecule has 3 aromatic rings. The molecule has 1 aliphatic heterocycles. The molecule has 4 rings (SSSR count). The normalized spacial score (nSPS) is 14.0. The van der Waals surface area contributed by atoms with Gasteiger partial charge in [-0.1, -0.05) is 24.3 Å². The van der Waals surface area contributed by atoms with Crippen LogP contribution in [0.4, 0.5) is 5.82 Å². The number of hydrogen-bond acceptors (Lipinski definition) is 6. The Balaban J connectivity index is 1.27. The monoisotopic (exact) mass is 428 g/mol. The predicted octanol–water partition coefficient (Wildman–Crippen LogP) is 3.55. The maximum absolute atomic E-state index is 11.5. The molecular formula is C25H24N4O3. The maximum Gasteiger partial charge on any atom is 0.339 e. The van der Waals surface area contributed by atoms with Gasteiger partial charge in [-0.25, -0.2) is 9.78 Å². The van der Waals surface area contributed by atoms with Crippen LogP contribution in [0.5, 0.6) is 5.75 Å². The third-order valence-electron chi connectivity index (χ3n) is 5.51. The van der Waals surface area contributed by atoms with Gasteiger partial charge in [0, 0.05) is 38.9 Å². The minimum absolute atomic E-state index is 0.248. The number of hydrogen-bond donors (Lipinski definition) is 1. The SMILES string of the molecule is N#Cc1ccc(COc2ccc(CN3CCN(c4ncccc4C(=O)O)CC3)cc2)cc1. The summed E-state index contributed by atoms with van der Waals surface area (Å²) in [6, 6.07) is 20.8. The van der Waals surface area contributed by atoms with Crippen molar-refractivity contribution < 1.29 is 14.6 Å². The minimum Gasteiger partial charge on any atom is -0.489 e. The number of piperazine rings is 1. The lowest BCUT2D eigenvalue weighted by Crippen LogP contribution is -2.46. The smallest absolute Gasteiger partial charge is 0.339 e. The molecule has 2 aromatic carbocycles. The summed E-state index contributed by atoms with van der Waals surface area (Å²) in [7, 11) is 0. The van der Waals surface area contributed by atoms with Crippen LogP contribution in [0.15, 0.2) is 66.9 Å². The molecule has 1 N–H and O–H groups in total. The van der Waals surface area contributed by atoms with Crippen molar-refractivity contribution in [2.45, 2.75) is 13.2 Å². The summed E-state index contributed by atoms with van der Waals surface area (Å²) in [4.78, 5) is 20.1. The maximum atomic E-state index is 11.5. The molecule has 1 aliphatic rings. The fourth-order valence-electron chi connectivity index (χ4n) is 3.73. The van der Waals surface area contributed by atoms with Gasteiger partial charge in [0.15, 0.2) is 0 Å². The number of nitriles is 1. The number of nitrogens with zero attached hydrogens (tertiary/aromatic N) is 4. The van der Waals surface area contributed by atoms with Crippen molar-refractivity contribution in [1.82, 2.24) is 9.88 Å². The molecule has 0 aliphatic carbocycles. The van der Waals surface area contributed by atoms with Crippen molar-refractivity contribution in [2.75, 3.05) is 31.1 Å². The van der Waals surface area contributed by atoms with Crippen LogP contribution in [0.25, 0.3) is 0 Å². The second-order valence-electron chi connectivity index (χ2n) is 7.68. The van der Waals surface area contributed by atoms with E-state index in [0.29, 0.717) is 18.0 Å². The van der Waals surface area contributed by atoms with E-state index in [1.54, 1.807) is 30.5 Å². The second kappa shape index (κ2) is 9.94. The zero-order valence-electron chi connectivity index (χ0n) is 17.6. The first-order chi connectivity index (χ1) is 15.6. The third kappa shape index (κ3) is 5.23. The van der Waals surface area contributed by atoms with Crippen LogP contribution in [0.2, 0.25) is 0 Å². The van der Waals surface area contributed by atoms with Crippen LogP contribution >= 0.6 is 0 Å². The summed E-state index contributed by atoms with van der Waals surface area (Å²) in [6.07, 6.45) is 1.64. The third-order valence-corrected chi connectivity index (χ3v) is 5.51. The highest BCUT2D eigenvalue weighted by Gasteiger charge is 2.22. The summed E-state index contributed by atoms with van der Waals surface area (Å²) in [5.74, 6) is 0.403. The van der Waals surface area contributed by atoms with E-state index in [4.69, 9.17) is 10.00 Å². The van der Waals surface area contributed by atoms with Crippen molar-refractivity contribution in [3.8, 4) is 11.8 Å². The lowest BCUT2D eigenvalue weighted by Gasteiger charge is -2.35. The minimum atomic E-state index is -0.947. The van der Waals surface area contributed by atoms with E-state index in [-0.39, 0.29) is 5.56 Å². The number of aromatic nitrogens is 1. The summed E-state index contributed by atoms with van der Waals surface area (Å²) in [5.41, 5.74) is 3.11. The molecule has 0 amide bonds. The van der Waals surface area contributed by atoms with Crippen LogP contribution in [-0.4, -0.2) is 47.1 Å². The van der Waals surface area contributed by atoms with Crippen LogP contribution in [-0.2, 0) is 13.2 Å². The van der Waals surface area contributed by atoms with Gasteiger partial charge >= 0.3 is 5.97 Å². The average molecular weight is 428 g/mol. The lowest BCUT2D eigenvalue weighted by atomic mass is 10.1. The van der Waals surface area contributed by atoms with Gasteiger partial charge in [-0.3, -0.25) is 4.90 Å². The first-order valence-corrected chi connectivity index (χ1v) is 10.5. The Bertz CT molecular complexity index is 1100. The highest BCUT2D eigenvalue weighted by atomic mass is 16.5. The van der Waals surface area contributed by atoms with E-state index in [9.17, 15) is 9.90 Å². The molecule has 1 saturated heterocycles. The summed E-state index contributed by atoms with van der Waals surface area (Å²) in [6.45, 7) is 4.45. The Morgan fingerprint density at radius 1 is 1.00 bits per heavy atom. The highest BCUT2D eigenvalue weighted by molar-refractivity contribution is 5.93. The van der Waals surface area contributed by atoms with E-state index in [1.165, 1.54) is 5.56 Å². The summed E-state index contributed by atoms with van der Waals surface area (Å²) >= 11 is 0. The van der Waals surface area contributed by atoms with Crippen molar-refractivity contribution in [1.29, 1.82) is 5.26 Å². The van der Waals surface area contributed by atoms with Crippen LogP contribution in [0.1, 0.15) is 27.0 Å². The number of rotatable bonds is 7. The van der Waals surface area contributed by atoms with E-state index >= 15 is 0 Å². The largest absolute Gasteiger partial charge is 0.489 e. The van der Waals surface area contributed by atoms with Crippen molar-refractivity contribution in [2.24, 2.45) is 0 Å². The Morgan fingerprint density at radius 3 is 2.34 bits per heavy atom. The molecule has 0 radical (unpaired) electrons. The molecule has 1 aromatic heterocycles. The number of carboxylic acids is 1. The zero-order valence-corrected chi connectivity index (χ0v) is 17.6. The molecular weight excluding hydrogens is 404 g/mol. The molecule has 7 heteroatoms. The molecule has 0 unspecified atom stereocenters. The van der Waals surface area contributed by atoms with Crippen LogP contribution in [0.3, 0.4) is 0 Å². The predicted molar refractivity (Wildman–Crippen MR) is 121 cm³/mol. The number of benzene rings is 2. The van der Waals surface area contributed by atoms with Gasteiger partial charge in [0.05, 0.1) is 11.6 Å². The molecule has 2 heterocycles. The summed E-state index contributed by atoms with van der Waals surface area (Å²) in [5, 5.41) is 18.3. The van der Waals surface area contributed by atoms with E-state index in [0.717, 1.165) is 44.0 Å². The molecule has 0 spiro atoms. The van der Waals surface area contributed by atoms with E-state index in [2.05, 4.69) is 28.1 Å². The Labute approximate surface area is 187 Å². The van der Waals surface area contributed by atoms with Crippen molar-refractivity contribution in [3.63, 3.8) is 0 Å². The second-order valence-corrected chi connectivity index (χ2v) is 7.68. The standard InChI is InChI=1S/C25H24N4O3/c26-16-19-3-5-21(6-4-19)18-32-22-9-7-20(8-10-22)17-28-12-14-29(15-13-28)24-23(25(30)31)2-1-11-27-24/h1-11H,12-15,17-18H2,(H,30,31). The van der Waals surface area contributed by atoms with Gasteiger partial charge in [-0.15, -0.1) is 0 Å².